The van der Waals surface area contributed by atoms with Crippen LogP contribution in [-0.4, -0.2) is 30.0 Å². The van der Waals surface area contributed by atoms with Crippen LogP contribution >= 0.6 is 0 Å². The number of rotatable bonds is 7. The summed E-state index contributed by atoms with van der Waals surface area (Å²) in [5.41, 5.74) is -0.205. The van der Waals surface area contributed by atoms with E-state index in [-0.39, 0.29) is 34.2 Å². The number of nitrogens with zero attached hydrogens (tertiary/aromatic N) is 2. The van der Waals surface area contributed by atoms with Gasteiger partial charge in [0.2, 0.25) is 10.0 Å². The zero-order valence-corrected chi connectivity index (χ0v) is 14.1. The van der Waals surface area contributed by atoms with Crippen molar-refractivity contribution in [2.24, 2.45) is 0 Å². The quantitative estimate of drug-likeness (QED) is 0.452. The molecular weight excluding hydrogens is 350 g/mol. The van der Waals surface area contributed by atoms with Crippen LogP contribution in [0.5, 0.6) is 0 Å². The second-order valence-corrected chi connectivity index (χ2v) is 7.71. The predicted molar refractivity (Wildman–Crippen MR) is 88.1 cm³/mol. The third-order valence-electron chi connectivity index (χ3n) is 3.90. The zero-order valence-electron chi connectivity index (χ0n) is 13.3. The molecule has 0 radical (unpaired) electrons. The minimum absolute atomic E-state index is 0.00715. The van der Waals surface area contributed by atoms with Crippen LogP contribution in [0, 0.1) is 10.1 Å². The lowest BCUT2D eigenvalue weighted by molar-refractivity contribution is -0.384. The van der Waals surface area contributed by atoms with Gasteiger partial charge >= 0.3 is 0 Å². The summed E-state index contributed by atoms with van der Waals surface area (Å²) in [6.45, 7) is 1.42. The molecule has 132 valence electrons. The van der Waals surface area contributed by atoms with Crippen molar-refractivity contribution in [3.63, 3.8) is 0 Å². The highest BCUT2D eigenvalue weighted by Gasteiger charge is 2.33. The summed E-state index contributed by atoms with van der Waals surface area (Å²) in [4.78, 5) is 23.1. The first-order chi connectivity index (χ1) is 11.8. The molecule has 1 N–H and O–H groups in total. The predicted octanol–water partition coefficient (Wildman–Crippen LogP) is 2.45. The first-order valence-electron chi connectivity index (χ1n) is 7.60. The summed E-state index contributed by atoms with van der Waals surface area (Å²) in [7, 11) is -3.72. The van der Waals surface area contributed by atoms with E-state index in [1.54, 1.807) is 0 Å². The monoisotopic (exact) mass is 365 g/mol. The first-order valence-corrected chi connectivity index (χ1v) is 9.26. The van der Waals surface area contributed by atoms with Crippen molar-refractivity contribution < 1.29 is 22.7 Å². The van der Waals surface area contributed by atoms with Gasteiger partial charge in [-0.15, -0.1) is 0 Å². The van der Waals surface area contributed by atoms with Gasteiger partial charge in [-0.3, -0.25) is 19.6 Å². The number of ketones is 1. The number of nitro groups is 1. The van der Waals surface area contributed by atoms with Crippen molar-refractivity contribution in [2.75, 3.05) is 10.5 Å². The Kier molecular flexibility index (Phi) is 4.29. The van der Waals surface area contributed by atoms with Gasteiger partial charge in [0.15, 0.2) is 11.5 Å². The average Bonchev–Trinajstić information content (AvgIpc) is 3.30. The molecule has 9 nitrogen and oxygen atoms in total. The molecule has 0 aliphatic heterocycles. The van der Waals surface area contributed by atoms with Gasteiger partial charge in [0.1, 0.15) is 0 Å². The van der Waals surface area contributed by atoms with E-state index in [9.17, 15) is 23.3 Å². The highest BCUT2D eigenvalue weighted by atomic mass is 32.2. The Balaban J connectivity index is 2.06. The number of carbonyl (C=O) groups is 1. The molecule has 3 rings (SSSR count). The summed E-state index contributed by atoms with van der Waals surface area (Å²) < 4.78 is 31.1. The van der Waals surface area contributed by atoms with E-state index in [4.69, 9.17) is 4.52 Å². The molecular formula is C15H15N3O6S. The lowest BCUT2D eigenvalue weighted by Gasteiger charge is -2.11. The van der Waals surface area contributed by atoms with Crippen LogP contribution in [0.25, 0.3) is 0 Å². The molecule has 1 fully saturated rings. The van der Waals surface area contributed by atoms with Gasteiger partial charge in [0, 0.05) is 23.6 Å². The van der Waals surface area contributed by atoms with Gasteiger partial charge in [-0.05, 0) is 25.8 Å². The fraction of sp³-hybridized carbons (Fsp3) is 0.333. The number of benzene rings is 1. The number of nitro benzene ring substituents is 1. The number of non-ortho nitro benzene ring substituents is 1. The average molecular weight is 365 g/mol. The maximum atomic E-state index is 12.8. The molecule has 1 aliphatic rings. The van der Waals surface area contributed by atoms with Crippen molar-refractivity contribution in [3.8, 4) is 0 Å². The molecule has 0 bridgehead atoms. The molecule has 0 saturated heterocycles. The van der Waals surface area contributed by atoms with E-state index in [1.807, 2.05) is 0 Å². The van der Waals surface area contributed by atoms with Gasteiger partial charge in [0.25, 0.3) is 5.69 Å². The number of nitrogens with one attached hydrogen (secondary N) is 1. The fourth-order valence-electron chi connectivity index (χ4n) is 2.37. The van der Waals surface area contributed by atoms with Crippen LogP contribution in [0.3, 0.4) is 0 Å². The second-order valence-electron chi connectivity index (χ2n) is 5.70. The van der Waals surface area contributed by atoms with Crippen molar-refractivity contribution in [2.45, 2.75) is 25.7 Å². The second kappa shape index (κ2) is 6.28. The molecule has 1 aliphatic carbocycles. The van der Waals surface area contributed by atoms with E-state index < -0.39 is 20.7 Å². The molecule has 1 aromatic heterocycles. The van der Waals surface area contributed by atoms with Gasteiger partial charge < -0.3 is 4.52 Å². The molecule has 25 heavy (non-hydrogen) atoms. The molecule has 1 heterocycles. The fourth-order valence-corrected chi connectivity index (χ4v) is 3.02. The maximum absolute atomic E-state index is 12.8. The minimum atomic E-state index is -3.72. The SMILES string of the molecule is CCS(=O)(=O)Nc1cc([N+](=O)[O-])ccc1C(=O)c1cnoc1C1CC1. The van der Waals surface area contributed by atoms with E-state index >= 15 is 0 Å². The summed E-state index contributed by atoms with van der Waals surface area (Å²) in [6.07, 6.45) is 3.08. The molecule has 10 heteroatoms. The lowest BCUT2D eigenvalue weighted by Crippen LogP contribution is -2.17. The molecule has 1 saturated carbocycles. The lowest BCUT2D eigenvalue weighted by atomic mass is 10.0. The van der Waals surface area contributed by atoms with Crippen molar-refractivity contribution in [1.29, 1.82) is 0 Å². The van der Waals surface area contributed by atoms with E-state index in [0.29, 0.717) is 5.76 Å². The van der Waals surface area contributed by atoms with Gasteiger partial charge in [0.05, 0.1) is 28.1 Å². The molecule has 0 spiro atoms. The van der Waals surface area contributed by atoms with Crippen LogP contribution in [-0.2, 0) is 10.0 Å². The Morgan fingerprint density at radius 3 is 2.72 bits per heavy atom. The van der Waals surface area contributed by atoms with E-state index in [1.165, 1.54) is 19.2 Å². The molecule has 0 unspecified atom stereocenters. The number of hydrogen-bond acceptors (Lipinski definition) is 7. The largest absolute Gasteiger partial charge is 0.360 e. The van der Waals surface area contributed by atoms with Gasteiger partial charge in [-0.2, -0.15) is 0 Å². The van der Waals surface area contributed by atoms with E-state index in [0.717, 1.165) is 25.0 Å². The normalized spacial score (nSPS) is 14.3. The van der Waals surface area contributed by atoms with Crippen LogP contribution in [0.1, 0.15) is 47.4 Å². The molecule has 0 atom stereocenters. The van der Waals surface area contributed by atoms with Crippen molar-refractivity contribution in [3.05, 3.63) is 51.4 Å². The molecule has 1 aromatic carbocycles. The number of anilines is 1. The third-order valence-corrected chi connectivity index (χ3v) is 5.19. The summed E-state index contributed by atoms with van der Waals surface area (Å²) in [6, 6.07) is 3.42. The number of carbonyl (C=O) groups excluding carboxylic acids is 1. The highest BCUT2D eigenvalue weighted by molar-refractivity contribution is 7.92. The van der Waals surface area contributed by atoms with Gasteiger partial charge in [-0.25, -0.2) is 8.42 Å². The zero-order chi connectivity index (χ0) is 18.2. The Morgan fingerprint density at radius 2 is 2.12 bits per heavy atom. The molecule has 0 amide bonds. The van der Waals surface area contributed by atoms with Crippen LogP contribution in [0.15, 0.2) is 28.9 Å². The summed E-state index contributed by atoms with van der Waals surface area (Å²) >= 11 is 0. The number of sulfonamides is 1. The van der Waals surface area contributed by atoms with Crippen LogP contribution < -0.4 is 4.72 Å². The minimum Gasteiger partial charge on any atom is -0.360 e. The van der Waals surface area contributed by atoms with E-state index in [2.05, 4.69) is 9.88 Å². The topological polar surface area (TPSA) is 132 Å². The standard InChI is InChI=1S/C15H15N3O6S/c1-2-25(22,23)17-13-7-10(18(20)21)5-6-11(13)14(19)12-8-16-24-15(12)9-3-4-9/h5-9,17H,2-4H2,1H3. The Labute approximate surface area is 143 Å². The number of hydrogen-bond donors (Lipinski definition) is 1. The Hall–Kier alpha value is -2.75. The van der Waals surface area contributed by atoms with Crippen LogP contribution in [0.2, 0.25) is 0 Å². The Bertz CT molecular complexity index is 946. The molecule has 2 aromatic rings. The number of aromatic nitrogens is 1. The summed E-state index contributed by atoms with van der Waals surface area (Å²) in [5, 5.41) is 14.6. The maximum Gasteiger partial charge on any atom is 0.271 e. The van der Waals surface area contributed by atoms with Crippen molar-refractivity contribution in [1.82, 2.24) is 5.16 Å². The van der Waals surface area contributed by atoms with Crippen molar-refractivity contribution >= 4 is 27.2 Å². The smallest absolute Gasteiger partial charge is 0.271 e. The first kappa shape index (κ1) is 17.1. The summed E-state index contributed by atoms with van der Waals surface area (Å²) in [5.74, 6) is -0.126. The third kappa shape index (κ3) is 3.53. The van der Waals surface area contributed by atoms with Crippen LogP contribution in [0.4, 0.5) is 11.4 Å². The highest BCUT2D eigenvalue weighted by Crippen LogP contribution is 2.42. The Morgan fingerprint density at radius 1 is 1.40 bits per heavy atom. The van der Waals surface area contributed by atoms with Gasteiger partial charge in [-0.1, -0.05) is 5.16 Å².